The molecule has 0 aromatic heterocycles. The Kier molecular flexibility index (Phi) is 11.7. The molecule has 4 aromatic carbocycles. The van der Waals surface area contributed by atoms with Gasteiger partial charge in [0, 0.05) is 35.4 Å². The molecular weight excluding hydrogens is 700 g/mol. The van der Waals surface area contributed by atoms with Crippen molar-refractivity contribution in [1.29, 1.82) is 0 Å². The first-order valence-electron chi connectivity index (χ1n) is 15.1. The molecule has 0 bridgehead atoms. The summed E-state index contributed by atoms with van der Waals surface area (Å²) in [5.41, 5.74) is -1.18. The number of ketones is 1. The molecule has 274 valence electrons. The number of aliphatic carboxylic acids is 1. The highest BCUT2D eigenvalue weighted by Crippen LogP contribution is 2.50. The molecular formula is C37H30O16. The van der Waals surface area contributed by atoms with Gasteiger partial charge < -0.3 is 49.2 Å². The van der Waals surface area contributed by atoms with Crippen molar-refractivity contribution in [2.45, 2.75) is 20.5 Å². The molecule has 4 aromatic rings. The lowest BCUT2D eigenvalue weighted by atomic mass is 10.0. The fraction of sp³-hybridized carbons (Fsp3) is 0.135. The zero-order valence-electron chi connectivity index (χ0n) is 28.3. The monoisotopic (exact) mass is 730 g/mol. The molecule has 5 rings (SSSR count). The number of benzene rings is 4. The molecule has 0 atom stereocenters. The molecule has 16 nitrogen and oxygen atoms in total. The number of hydrogen-bond donors (Lipinski definition) is 5. The Morgan fingerprint density at radius 1 is 0.811 bits per heavy atom. The van der Waals surface area contributed by atoms with Gasteiger partial charge in [0.15, 0.2) is 23.5 Å². The first-order chi connectivity index (χ1) is 25.1. The first kappa shape index (κ1) is 38.4. The van der Waals surface area contributed by atoms with E-state index >= 15 is 0 Å². The maximum Gasteiger partial charge on any atom is 0.347 e. The Bertz CT molecular complexity index is 2180. The third-order valence-electron chi connectivity index (χ3n) is 7.64. The molecule has 0 fully saturated rings. The number of carboxylic acid groups (broad SMARTS) is 2. The average molecular weight is 731 g/mol. The van der Waals surface area contributed by atoms with Gasteiger partial charge in [-0.25, -0.2) is 19.2 Å². The van der Waals surface area contributed by atoms with Gasteiger partial charge in [0.1, 0.15) is 52.0 Å². The molecule has 5 N–H and O–H groups in total. The van der Waals surface area contributed by atoms with Crippen molar-refractivity contribution >= 4 is 35.9 Å². The maximum atomic E-state index is 12.9. The second kappa shape index (κ2) is 16.1. The summed E-state index contributed by atoms with van der Waals surface area (Å²) in [4.78, 5) is 71.0. The van der Waals surface area contributed by atoms with Crippen LogP contribution in [0.5, 0.6) is 46.0 Å². The summed E-state index contributed by atoms with van der Waals surface area (Å²) in [6.07, 6.45) is 1.30. The number of carboxylic acids is 2. The SMILES string of the molecule is COc1cc(O)c(C(=O)c2ccccc2)c(OC)c1.Cc1cc(O)c(C=O)c2c1C(=O)Oc1c(COC(=O)C=CC(=O)O)c(O)c(C(=O)O)c(C)c1O2. The highest BCUT2D eigenvalue weighted by molar-refractivity contribution is 6.12. The van der Waals surface area contributed by atoms with Crippen LogP contribution in [0.25, 0.3) is 0 Å². The maximum absolute atomic E-state index is 12.9. The van der Waals surface area contributed by atoms with E-state index < -0.39 is 70.2 Å². The van der Waals surface area contributed by atoms with Crippen LogP contribution in [0.2, 0.25) is 0 Å². The van der Waals surface area contributed by atoms with Crippen LogP contribution in [-0.4, -0.2) is 75.7 Å². The van der Waals surface area contributed by atoms with Crippen LogP contribution >= 0.6 is 0 Å². The number of aromatic hydroxyl groups is 3. The molecule has 0 saturated carbocycles. The molecule has 0 unspecified atom stereocenters. The van der Waals surface area contributed by atoms with Crippen molar-refractivity contribution in [2.75, 3.05) is 14.2 Å². The Morgan fingerprint density at radius 3 is 2.08 bits per heavy atom. The fourth-order valence-electron chi connectivity index (χ4n) is 5.14. The van der Waals surface area contributed by atoms with Crippen LogP contribution in [0, 0.1) is 13.8 Å². The fourth-order valence-corrected chi connectivity index (χ4v) is 5.14. The number of carbonyl (C=O) groups excluding carboxylic acids is 4. The van der Waals surface area contributed by atoms with Crippen molar-refractivity contribution in [3.63, 3.8) is 0 Å². The molecule has 0 saturated heterocycles. The molecule has 53 heavy (non-hydrogen) atoms. The van der Waals surface area contributed by atoms with E-state index in [1.54, 1.807) is 30.3 Å². The number of aryl methyl sites for hydroxylation is 1. The van der Waals surface area contributed by atoms with Crippen molar-refractivity contribution < 1.29 is 78.0 Å². The van der Waals surface area contributed by atoms with Crippen molar-refractivity contribution in [1.82, 2.24) is 0 Å². The van der Waals surface area contributed by atoms with Gasteiger partial charge >= 0.3 is 23.9 Å². The number of ether oxygens (including phenoxy) is 5. The van der Waals surface area contributed by atoms with E-state index in [4.69, 9.17) is 28.8 Å². The Morgan fingerprint density at radius 2 is 1.49 bits per heavy atom. The summed E-state index contributed by atoms with van der Waals surface area (Å²) in [5.74, 6) is -7.65. The van der Waals surface area contributed by atoms with Crippen molar-refractivity contribution in [3.05, 3.63) is 105 Å². The quantitative estimate of drug-likeness (QED) is 0.0480. The summed E-state index contributed by atoms with van der Waals surface area (Å²) in [6, 6.07) is 12.8. The molecule has 1 heterocycles. The second-order valence-corrected chi connectivity index (χ2v) is 10.9. The van der Waals surface area contributed by atoms with E-state index in [9.17, 15) is 49.2 Å². The number of aromatic carboxylic acids is 1. The van der Waals surface area contributed by atoms with E-state index in [0.29, 0.717) is 23.5 Å². The summed E-state index contributed by atoms with van der Waals surface area (Å²) in [7, 11) is 2.92. The van der Waals surface area contributed by atoms with E-state index in [0.717, 1.165) is 6.07 Å². The molecule has 0 amide bonds. The molecule has 1 aliphatic heterocycles. The summed E-state index contributed by atoms with van der Waals surface area (Å²) >= 11 is 0. The van der Waals surface area contributed by atoms with E-state index in [1.807, 2.05) is 6.07 Å². The van der Waals surface area contributed by atoms with Gasteiger partial charge in [-0.3, -0.25) is 9.59 Å². The lowest BCUT2D eigenvalue weighted by Gasteiger charge is -2.18. The Labute approximate surface area is 299 Å². The minimum atomic E-state index is -1.60. The minimum absolute atomic E-state index is 0.134. The Balaban J connectivity index is 0.000000278. The number of esters is 2. The highest BCUT2D eigenvalue weighted by atomic mass is 16.6. The number of phenols is 3. The van der Waals surface area contributed by atoms with Gasteiger partial charge in [-0.2, -0.15) is 0 Å². The standard InChI is InChI=1S/C22H16O12.C15H14O4/c1-8-5-12(24)10(6-23)19-15(8)22(31)34-20-11(7-32-14(27)4-3-13(25)26)17(28)16(21(29)30)9(2)18(20)33-19;1-18-11-8-12(16)14(13(9-11)19-2)15(17)10-6-4-3-5-7-10/h3-6,24,28H,7H2,1-2H3,(H,25,26)(H,29,30);3-9,16H,1-2H3. The summed E-state index contributed by atoms with van der Waals surface area (Å²) in [6.45, 7) is 1.83. The zero-order valence-corrected chi connectivity index (χ0v) is 28.3. The molecule has 0 aliphatic carbocycles. The van der Waals surface area contributed by atoms with Gasteiger partial charge in [-0.15, -0.1) is 0 Å². The predicted octanol–water partition coefficient (Wildman–Crippen LogP) is 4.87. The van der Waals surface area contributed by atoms with Gasteiger partial charge in [0.2, 0.25) is 5.78 Å². The molecule has 0 radical (unpaired) electrons. The lowest BCUT2D eigenvalue weighted by Crippen LogP contribution is -2.13. The van der Waals surface area contributed by atoms with Gasteiger partial charge in [-0.05, 0) is 25.5 Å². The lowest BCUT2D eigenvalue weighted by molar-refractivity contribution is -0.139. The highest BCUT2D eigenvalue weighted by Gasteiger charge is 2.36. The number of hydrogen-bond acceptors (Lipinski definition) is 14. The second-order valence-electron chi connectivity index (χ2n) is 10.9. The normalized spacial score (nSPS) is 11.4. The number of methoxy groups -OCH3 is 2. The van der Waals surface area contributed by atoms with Crippen LogP contribution in [0.4, 0.5) is 0 Å². The number of rotatable bonds is 10. The summed E-state index contributed by atoms with van der Waals surface area (Å²) in [5, 5.41) is 48.9. The smallest absolute Gasteiger partial charge is 0.347 e. The van der Waals surface area contributed by atoms with Crippen LogP contribution in [-0.2, 0) is 20.9 Å². The van der Waals surface area contributed by atoms with Crippen LogP contribution in [0.3, 0.4) is 0 Å². The third-order valence-corrected chi connectivity index (χ3v) is 7.64. The van der Waals surface area contributed by atoms with Crippen LogP contribution in [0.15, 0.2) is 60.7 Å². The molecule has 16 heteroatoms. The van der Waals surface area contributed by atoms with E-state index in [2.05, 4.69) is 0 Å². The first-order valence-corrected chi connectivity index (χ1v) is 15.1. The van der Waals surface area contributed by atoms with Gasteiger partial charge in [0.25, 0.3) is 0 Å². The minimum Gasteiger partial charge on any atom is -0.507 e. The van der Waals surface area contributed by atoms with E-state index in [-0.39, 0.29) is 51.6 Å². The van der Waals surface area contributed by atoms with Crippen LogP contribution in [0.1, 0.15) is 63.7 Å². The molecule has 1 aliphatic rings. The predicted molar refractivity (Wildman–Crippen MR) is 181 cm³/mol. The number of carbonyl (C=O) groups is 6. The topological polar surface area (TPSA) is 250 Å². The summed E-state index contributed by atoms with van der Waals surface area (Å²) < 4.78 is 26.1. The average Bonchev–Trinajstić information content (AvgIpc) is 3.27. The Hall–Kier alpha value is -7.36. The van der Waals surface area contributed by atoms with E-state index in [1.165, 1.54) is 34.1 Å². The number of aldehydes is 1. The largest absolute Gasteiger partial charge is 0.507 e. The third kappa shape index (κ3) is 8.01. The van der Waals surface area contributed by atoms with Crippen molar-refractivity contribution in [3.8, 4) is 46.0 Å². The zero-order chi connectivity index (χ0) is 39.1. The van der Waals surface area contributed by atoms with Crippen LogP contribution < -0.4 is 18.9 Å². The molecule has 0 spiro atoms. The van der Waals surface area contributed by atoms with Crippen molar-refractivity contribution in [2.24, 2.45) is 0 Å². The number of fused-ring (bicyclic) bond motifs is 2. The van der Waals surface area contributed by atoms with Gasteiger partial charge in [0.05, 0.1) is 25.3 Å². The van der Waals surface area contributed by atoms with Gasteiger partial charge in [-0.1, -0.05) is 30.3 Å². The number of phenolic OH excluding ortho intramolecular Hbond substituents is 2.